The average molecular weight is 189 g/mol. The molecule has 1 rings (SSSR count). The monoisotopic (exact) mass is 189 g/mol. The van der Waals surface area contributed by atoms with E-state index in [1.54, 1.807) is 18.2 Å². The fourth-order valence-corrected chi connectivity index (χ4v) is 1.13. The maximum absolute atomic E-state index is 8.66. The molecule has 72 valence electrons. The van der Waals surface area contributed by atoms with E-state index in [9.17, 15) is 0 Å². The summed E-state index contributed by atoms with van der Waals surface area (Å²) in [5, 5.41) is 24.6. The molecule has 0 atom stereocenters. The van der Waals surface area contributed by atoms with Gasteiger partial charge in [-0.3, -0.25) is 0 Å². The lowest BCUT2D eigenvalue weighted by molar-refractivity contribution is 0.354. The molecule has 0 bridgehead atoms. The van der Waals surface area contributed by atoms with Gasteiger partial charge in [0.1, 0.15) is 6.07 Å². The molecule has 0 saturated carbocycles. The topological polar surface area (TPSA) is 93.9 Å². The molecule has 4 N–H and O–H groups in total. The molecule has 4 heteroatoms. The van der Waals surface area contributed by atoms with Crippen LogP contribution in [-0.2, 0) is 6.42 Å². The van der Waals surface area contributed by atoms with Gasteiger partial charge >= 0.3 is 0 Å². The van der Waals surface area contributed by atoms with Crippen LogP contribution in [0.4, 0.5) is 5.69 Å². The number of nitrogens with one attached hydrogen (secondary N) is 1. The number of anilines is 1. The fraction of sp³-hybridized carbons (Fsp3) is 0.200. The third kappa shape index (κ3) is 2.31. The molecular weight excluding hydrogens is 178 g/mol. The quantitative estimate of drug-likeness (QED) is 0.482. The lowest BCUT2D eigenvalue weighted by Crippen LogP contribution is -2.06. The first-order valence-electron chi connectivity index (χ1n) is 4.13. The van der Waals surface area contributed by atoms with Gasteiger partial charge in [-0.15, -0.1) is 0 Å². The SMILES string of the molecule is N#Cc1ccc(CC(=N)CO)cc1N. The summed E-state index contributed by atoms with van der Waals surface area (Å²) >= 11 is 0. The van der Waals surface area contributed by atoms with Crippen molar-refractivity contribution in [2.24, 2.45) is 0 Å². The van der Waals surface area contributed by atoms with Gasteiger partial charge in [0, 0.05) is 17.8 Å². The van der Waals surface area contributed by atoms with Gasteiger partial charge in [0.2, 0.25) is 0 Å². The molecule has 1 aromatic rings. The van der Waals surface area contributed by atoms with Crippen molar-refractivity contribution in [3.05, 3.63) is 29.3 Å². The third-order valence-electron chi connectivity index (χ3n) is 1.84. The molecule has 0 spiro atoms. The summed E-state index contributed by atoms with van der Waals surface area (Å²) in [6.07, 6.45) is 0.367. The van der Waals surface area contributed by atoms with E-state index in [0.717, 1.165) is 5.56 Å². The molecule has 0 aliphatic heterocycles. The van der Waals surface area contributed by atoms with Crippen LogP contribution in [0.5, 0.6) is 0 Å². The second-order valence-electron chi connectivity index (χ2n) is 2.97. The van der Waals surface area contributed by atoms with Crippen molar-refractivity contribution in [2.45, 2.75) is 6.42 Å². The number of nitrogens with two attached hydrogens (primary N) is 1. The van der Waals surface area contributed by atoms with Crippen molar-refractivity contribution < 1.29 is 5.11 Å². The summed E-state index contributed by atoms with van der Waals surface area (Å²) in [5.41, 5.74) is 7.51. The first-order valence-corrected chi connectivity index (χ1v) is 4.13. The number of hydrogen-bond donors (Lipinski definition) is 3. The zero-order chi connectivity index (χ0) is 10.6. The van der Waals surface area contributed by atoms with Gasteiger partial charge in [0.05, 0.1) is 12.2 Å². The van der Waals surface area contributed by atoms with Crippen LogP contribution in [0.3, 0.4) is 0 Å². The Labute approximate surface area is 82.1 Å². The molecule has 14 heavy (non-hydrogen) atoms. The van der Waals surface area contributed by atoms with Crippen molar-refractivity contribution >= 4 is 11.4 Å². The molecule has 0 aliphatic carbocycles. The molecule has 0 fully saturated rings. The average Bonchev–Trinajstić information content (AvgIpc) is 2.18. The first kappa shape index (κ1) is 10.2. The number of nitriles is 1. The second kappa shape index (κ2) is 4.40. The van der Waals surface area contributed by atoms with E-state index >= 15 is 0 Å². The van der Waals surface area contributed by atoms with Gasteiger partial charge in [-0.05, 0) is 17.7 Å². The molecule has 0 amide bonds. The number of nitrogen functional groups attached to an aromatic ring is 1. The first-order chi connectivity index (χ1) is 6.67. The molecule has 0 saturated heterocycles. The predicted molar refractivity (Wildman–Crippen MR) is 54.1 cm³/mol. The minimum atomic E-state index is -0.250. The molecular formula is C10H11N3O. The van der Waals surface area contributed by atoms with Gasteiger partial charge in [0.25, 0.3) is 0 Å². The van der Waals surface area contributed by atoms with Crippen LogP contribution in [0, 0.1) is 16.7 Å². The summed E-state index contributed by atoms with van der Waals surface area (Å²) in [6, 6.07) is 6.97. The van der Waals surface area contributed by atoms with Crippen molar-refractivity contribution in [3.8, 4) is 6.07 Å². The summed E-state index contributed by atoms with van der Waals surface area (Å²) in [5.74, 6) is 0. The lowest BCUT2D eigenvalue weighted by atomic mass is 10.1. The van der Waals surface area contributed by atoms with Crippen LogP contribution >= 0.6 is 0 Å². The normalized spacial score (nSPS) is 9.43. The second-order valence-corrected chi connectivity index (χ2v) is 2.97. The van der Waals surface area contributed by atoms with Gasteiger partial charge in [-0.25, -0.2) is 0 Å². The van der Waals surface area contributed by atoms with Crippen LogP contribution in [0.2, 0.25) is 0 Å². The van der Waals surface area contributed by atoms with Crippen LogP contribution in [0.15, 0.2) is 18.2 Å². The zero-order valence-electron chi connectivity index (χ0n) is 7.62. The molecule has 0 heterocycles. The Morgan fingerprint density at radius 3 is 2.79 bits per heavy atom. The Balaban J connectivity index is 2.88. The highest BCUT2D eigenvalue weighted by Crippen LogP contribution is 2.13. The Hall–Kier alpha value is -1.86. The van der Waals surface area contributed by atoms with Crippen LogP contribution in [0.25, 0.3) is 0 Å². The van der Waals surface area contributed by atoms with E-state index in [1.165, 1.54) is 0 Å². The minimum Gasteiger partial charge on any atom is -0.398 e. The van der Waals surface area contributed by atoms with Crippen LogP contribution in [0.1, 0.15) is 11.1 Å². The van der Waals surface area contributed by atoms with E-state index < -0.39 is 0 Å². The summed E-state index contributed by atoms with van der Waals surface area (Å²) in [6.45, 7) is -0.250. The Bertz CT molecular complexity index is 393. The van der Waals surface area contributed by atoms with E-state index in [4.69, 9.17) is 21.5 Å². The van der Waals surface area contributed by atoms with E-state index in [2.05, 4.69) is 0 Å². The van der Waals surface area contributed by atoms with Gasteiger partial charge < -0.3 is 16.2 Å². The number of nitrogens with zero attached hydrogens (tertiary/aromatic N) is 1. The zero-order valence-corrected chi connectivity index (χ0v) is 7.62. The smallest absolute Gasteiger partial charge is 0.101 e. The number of aliphatic hydroxyl groups excluding tert-OH is 1. The van der Waals surface area contributed by atoms with Gasteiger partial charge in [0.15, 0.2) is 0 Å². The summed E-state index contributed by atoms with van der Waals surface area (Å²) in [7, 11) is 0. The molecule has 0 aliphatic rings. The molecule has 4 nitrogen and oxygen atoms in total. The Morgan fingerprint density at radius 1 is 1.57 bits per heavy atom. The molecule has 0 radical (unpaired) electrons. The van der Waals surface area contributed by atoms with E-state index in [0.29, 0.717) is 17.7 Å². The van der Waals surface area contributed by atoms with E-state index in [-0.39, 0.29) is 12.3 Å². The molecule has 1 aromatic carbocycles. The molecule has 0 aromatic heterocycles. The minimum absolute atomic E-state index is 0.231. The maximum atomic E-state index is 8.66. The predicted octanol–water partition coefficient (Wildman–Crippen LogP) is 0.695. The van der Waals surface area contributed by atoms with Crippen molar-refractivity contribution in [1.29, 1.82) is 10.7 Å². The third-order valence-corrected chi connectivity index (χ3v) is 1.84. The summed E-state index contributed by atoms with van der Waals surface area (Å²) in [4.78, 5) is 0. The number of aliphatic hydroxyl groups is 1. The van der Waals surface area contributed by atoms with Crippen LogP contribution in [-0.4, -0.2) is 17.4 Å². The number of rotatable bonds is 3. The van der Waals surface area contributed by atoms with Crippen LogP contribution < -0.4 is 5.73 Å². The van der Waals surface area contributed by atoms with Crippen molar-refractivity contribution in [3.63, 3.8) is 0 Å². The summed E-state index contributed by atoms with van der Waals surface area (Å²) < 4.78 is 0. The Kier molecular flexibility index (Phi) is 3.21. The number of benzene rings is 1. The highest BCUT2D eigenvalue weighted by molar-refractivity contribution is 5.84. The highest BCUT2D eigenvalue weighted by atomic mass is 16.3. The largest absolute Gasteiger partial charge is 0.398 e. The van der Waals surface area contributed by atoms with E-state index in [1.807, 2.05) is 6.07 Å². The maximum Gasteiger partial charge on any atom is 0.101 e. The van der Waals surface area contributed by atoms with Gasteiger partial charge in [-0.2, -0.15) is 5.26 Å². The lowest BCUT2D eigenvalue weighted by Gasteiger charge is -2.03. The highest BCUT2D eigenvalue weighted by Gasteiger charge is 2.02. The molecule has 0 unspecified atom stereocenters. The fourth-order valence-electron chi connectivity index (χ4n) is 1.13. The van der Waals surface area contributed by atoms with Crippen molar-refractivity contribution in [2.75, 3.05) is 12.3 Å². The standard InChI is InChI=1S/C10H11N3O/c11-5-8-2-1-7(4-10(8)13)3-9(12)6-14/h1-2,4,12,14H,3,6,13H2. The van der Waals surface area contributed by atoms with Gasteiger partial charge in [-0.1, -0.05) is 6.07 Å². The Morgan fingerprint density at radius 2 is 2.29 bits per heavy atom. The number of hydrogen-bond acceptors (Lipinski definition) is 4. The van der Waals surface area contributed by atoms with Crippen molar-refractivity contribution in [1.82, 2.24) is 0 Å².